The van der Waals surface area contributed by atoms with Crippen molar-refractivity contribution in [2.75, 3.05) is 5.32 Å². The zero-order chi connectivity index (χ0) is 20.5. The summed E-state index contributed by atoms with van der Waals surface area (Å²) < 4.78 is 9.64. The standard InChI is InChI=1S/C14H11N3O10/c1-14(2)26-12(20)8(13(21)27-14)5-15-10-7(11(18)19)3-6(16(22)23)4-9(10)17(24)25/h3-5,15H,1-2H3,(H,18,19). The number of esters is 2. The molecule has 1 aliphatic rings. The molecule has 1 heterocycles. The molecule has 0 spiro atoms. The minimum atomic E-state index is -1.71. The van der Waals surface area contributed by atoms with Crippen molar-refractivity contribution in [2.24, 2.45) is 0 Å². The highest BCUT2D eigenvalue weighted by Crippen LogP contribution is 2.34. The number of rotatable bonds is 5. The van der Waals surface area contributed by atoms with Gasteiger partial charge in [-0.2, -0.15) is 0 Å². The highest BCUT2D eigenvalue weighted by Gasteiger charge is 2.39. The molecular formula is C14H11N3O10. The number of hydrogen-bond donors (Lipinski definition) is 2. The van der Waals surface area contributed by atoms with E-state index in [0.29, 0.717) is 18.3 Å². The number of aromatic carboxylic acids is 1. The van der Waals surface area contributed by atoms with Gasteiger partial charge in [0, 0.05) is 26.1 Å². The molecule has 0 atom stereocenters. The number of carbonyl (C=O) groups is 3. The van der Waals surface area contributed by atoms with Gasteiger partial charge >= 0.3 is 17.9 Å². The number of carbonyl (C=O) groups excluding carboxylic acids is 2. The molecule has 0 unspecified atom stereocenters. The summed E-state index contributed by atoms with van der Waals surface area (Å²) in [6, 6.07) is 1.13. The van der Waals surface area contributed by atoms with Gasteiger partial charge in [0.25, 0.3) is 17.2 Å². The van der Waals surface area contributed by atoms with Crippen LogP contribution in [0.15, 0.2) is 23.9 Å². The Labute approximate surface area is 149 Å². The SMILES string of the molecule is CC1(C)OC(=O)C(=CNc2c(C(=O)O)cc([N+](=O)[O-])cc2[N+](=O)[O-])C(=O)O1. The fourth-order valence-corrected chi connectivity index (χ4v) is 2.10. The van der Waals surface area contributed by atoms with Gasteiger partial charge in [0.1, 0.15) is 5.69 Å². The number of ether oxygens (including phenoxy) is 2. The average Bonchev–Trinajstić information content (AvgIpc) is 2.51. The zero-order valence-corrected chi connectivity index (χ0v) is 13.7. The van der Waals surface area contributed by atoms with Gasteiger partial charge in [0.2, 0.25) is 0 Å². The topological polar surface area (TPSA) is 188 Å². The normalized spacial score (nSPS) is 15.4. The maximum atomic E-state index is 11.9. The van der Waals surface area contributed by atoms with Crippen molar-refractivity contribution in [3.05, 3.63) is 49.7 Å². The molecule has 0 radical (unpaired) electrons. The second-order valence-corrected chi connectivity index (χ2v) is 5.59. The fraction of sp³-hybridized carbons (Fsp3) is 0.214. The van der Waals surface area contributed by atoms with Crippen LogP contribution in [0.4, 0.5) is 17.1 Å². The maximum absolute atomic E-state index is 11.9. The van der Waals surface area contributed by atoms with Gasteiger partial charge in [-0.05, 0) is 0 Å². The monoisotopic (exact) mass is 381 g/mol. The molecule has 1 aromatic rings. The Balaban J connectivity index is 2.53. The Bertz CT molecular complexity index is 861. The fourth-order valence-electron chi connectivity index (χ4n) is 2.10. The van der Waals surface area contributed by atoms with E-state index in [1.165, 1.54) is 13.8 Å². The summed E-state index contributed by atoms with van der Waals surface area (Å²) in [4.78, 5) is 55.0. The van der Waals surface area contributed by atoms with Crippen molar-refractivity contribution < 1.29 is 38.8 Å². The first-order valence-corrected chi connectivity index (χ1v) is 7.06. The summed E-state index contributed by atoms with van der Waals surface area (Å²) in [5, 5.41) is 33.4. The molecule has 142 valence electrons. The number of carboxylic acids is 1. The zero-order valence-electron chi connectivity index (χ0n) is 13.7. The largest absolute Gasteiger partial charge is 0.478 e. The van der Waals surface area contributed by atoms with Crippen molar-refractivity contribution in [1.82, 2.24) is 0 Å². The lowest BCUT2D eigenvalue weighted by molar-refractivity contribution is -0.393. The van der Waals surface area contributed by atoms with Crippen molar-refractivity contribution in [3.8, 4) is 0 Å². The number of nitro benzene ring substituents is 2. The smallest absolute Gasteiger partial charge is 0.350 e. The second-order valence-electron chi connectivity index (χ2n) is 5.59. The van der Waals surface area contributed by atoms with Crippen LogP contribution in [-0.2, 0) is 19.1 Å². The first-order valence-electron chi connectivity index (χ1n) is 7.06. The van der Waals surface area contributed by atoms with Gasteiger partial charge in [-0.1, -0.05) is 0 Å². The second kappa shape index (κ2) is 6.70. The van der Waals surface area contributed by atoms with Crippen LogP contribution in [0.3, 0.4) is 0 Å². The van der Waals surface area contributed by atoms with Gasteiger partial charge in [0.05, 0.1) is 21.5 Å². The Morgan fingerprint density at radius 3 is 2.15 bits per heavy atom. The van der Waals surface area contributed by atoms with E-state index in [9.17, 15) is 39.7 Å². The van der Waals surface area contributed by atoms with Gasteiger partial charge < -0.3 is 19.9 Å². The molecule has 1 saturated heterocycles. The molecule has 1 aliphatic heterocycles. The Morgan fingerprint density at radius 2 is 1.70 bits per heavy atom. The van der Waals surface area contributed by atoms with Crippen molar-refractivity contribution >= 4 is 35.0 Å². The number of non-ortho nitro benzene ring substituents is 1. The molecule has 1 fully saturated rings. The van der Waals surface area contributed by atoms with E-state index >= 15 is 0 Å². The highest BCUT2D eigenvalue weighted by molar-refractivity contribution is 6.15. The third-order valence-electron chi connectivity index (χ3n) is 3.22. The number of hydrogen-bond acceptors (Lipinski definition) is 10. The minimum absolute atomic E-state index is 0.536. The molecule has 13 heteroatoms. The summed E-state index contributed by atoms with van der Waals surface area (Å²) in [7, 11) is 0. The highest BCUT2D eigenvalue weighted by atomic mass is 16.7. The number of nitro groups is 2. The van der Waals surface area contributed by atoms with Crippen LogP contribution in [-0.4, -0.2) is 38.6 Å². The van der Waals surface area contributed by atoms with Crippen LogP contribution in [0, 0.1) is 20.2 Å². The van der Waals surface area contributed by atoms with E-state index in [-0.39, 0.29) is 0 Å². The Kier molecular flexibility index (Phi) is 4.79. The third-order valence-corrected chi connectivity index (χ3v) is 3.22. The predicted octanol–water partition coefficient (Wildman–Crippen LogP) is 1.33. The van der Waals surface area contributed by atoms with E-state index in [4.69, 9.17) is 9.47 Å². The van der Waals surface area contributed by atoms with Crippen LogP contribution in [0.5, 0.6) is 0 Å². The minimum Gasteiger partial charge on any atom is -0.478 e. The lowest BCUT2D eigenvalue weighted by Crippen LogP contribution is -2.42. The molecule has 2 N–H and O–H groups in total. The predicted molar refractivity (Wildman–Crippen MR) is 84.7 cm³/mol. The molecule has 1 aromatic carbocycles. The number of cyclic esters (lactones) is 2. The summed E-state index contributed by atoms with van der Waals surface area (Å²) in [5.74, 6) is -5.44. The molecular weight excluding hydrogens is 370 g/mol. The number of nitrogens with one attached hydrogen (secondary N) is 1. The Hall–Kier alpha value is -4.03. The molecule has 0 bridgehead atoms. The quantitative estimate of drug-likeness (QED) is 0.246. The summed E-state index contributed by atoms with van der Waals surface area (Å²) in [6.07, 6.45) is 0.667. The summed E-state index contributed by atoms with van der Waals surface area (Å²) >= 11 is 0. The van der Waals surface area contributed by atoms with Gasteiger partial charge in [-0.3, -0.25) is 20.2 Å². The third kappa shape index (κ3) is 3.97. The van der Waals surface area contributed by atoms with Crippen LogP contribution in [0.25, 0.3) is 0 Å². The molecule has 0 aliphatic carbocycles. The number of carboxylic acid groups (broad SMARTS) is 1. The van der Waals surface area contributed by atoms with Crippen LogP contribution in [0.2, 0.25) is 0 Å². The molecule has 0 saturated carbocycles. The van der Waals surface area contributed by atoms with Gasteiger partial charge in [-0.25, -0.2) is 14.4 Å². The number of nitrogens with zero attached hydrogens (tertiary/aromatic N) is 2. The summed E-state index contributed by atoms with van der Waals surface area (Å²) in [5.41, 5.74) is -3.94. The van der Waals surface area contributed by atoms with E-state index in [1.54, 1.807) is 0 Å². The lowest BCUT2D eigenvalue weighted by atomic mass is 10.1. The van der Waals surface area contributed by atoms with Crippen molar-refractivity contribution in [3.63, 3.8) is 0 Å². The van der Waals surface area contributed by atoms with Crippen molar-refractivity contribution in [2.45, 2.75) is 19.6 Å². The molecule has 0 aromatic heterocycles. The van der Waals surface area contributed by atoms with Gasteiger partial charge in [0.15, 0.2) is 5.57 Å². The van der Waals surface area contributed by atoms with Crippen LogP contribution >= 0.6 is 0 Å². The number of benzene rings is 1. The van der Waals surface area contributed by atoms with Gasteiger partial charge in [-0.15, -0.1) is 0 Å². The van der Waals surface area contributed by atoms with Crippen LogP contribution < -0.4 is 5.32 Å². The maximum Gasteiger partial charge on any atom is 0.350 e. The van der Waals surface area contributed by atoms with E-state index < -0.39 is 61.7 Å². The summed E-state index contributed by atoms with van der Waals surface area (Å²) in [6.45, 7) is 2.60. The average molecular weight is 381 g/mol. The molecule has 0 amide bonds. The first-order chi connectivity index (χ1) is 12.4. The lowest BCUT2D eigenvalue weighted by Gasteiger charge is -2.29. The van der Waals surface area contributed by atoms with E-state index in [0.717, 1.165) is 0 Å². The number of anilines is 1. The van der Waals surface area contributed by atoms with E-state index in [2.05, 4.69) is 5.32 Å². The Morgan fingerprint density at radius 1 is 1.15 bits per heavy atom. The first kappa shape index (κ1) is 19.3. The van der Waals surface area contributed by atoms with Crippen LogP contribution in [0.1, 0.15) is 24.2 Å². The molecule has 27 heavy (non-hydrogen) atoms. The molecule has 13 nitrogen and oxygen atoms in total. The molecule has 2 rings (SSSR count). The van der Waals surface area contributed by atoms with Crippen molar-refractivity contribution in [1.29, 1.82) is 0 Å². The van der Waals surface area contributed by atoms with E-state index in [1.807, 2.05) is 0 Å².